The van der Waals surface area contributed by atoms with Gasteiger partial charge in [0.2, 0.25) is 0 Å². The number of aliphatic hydroxyl groups is 1. The first kappa shape index (κ1) is 15.1. The maximum absolute atomic E-state index is 10.3. The lowest BCUT2D eigenvalue weighted by Crippen LogP contribution is -2.37. The molecule has 1 fully saturated rings. The molecule has 1 aliphatic heterocycles. The molecule has 1 N–H and O–H groups in total. The molecule has 0 bridgehead atoms. The van der Waals surface area contributed by atoms with Gasteiger partial charge in [0.1, 0.15) is 11.5 Å². The summed E-state index contributed by atoms with van der Waals surface area (Å²) in [4.78, 5) is 2.31. The fraction of sp³-hybridized carbons (Fsp3) is 0.600. The predicted octanol–water partition coefficient (Wildman–Crippen LogP) is 1.46. The molecular weight excluding hydrogens is 258 g/mol. The van der Waals surface area contributed by atoms with E-state index in [-0.39, 0.29) is 0 Å². The van der Waals surface area contributed by atoms with Crippen molar-refractivity contribution >= 4 is 0 Å². The molecule has 0 aromatic heterocycles. The van der Waals surface area contributed by atoms with Gasteiger partial charge >= 0.3 is 0 Å². The predicted molar refractivity (Wildman–Crippen MR) is 76.4 cm³/mol. The molecule has 5 nitrogen and oxygen atoms in total. The standard InChI is InChI=1S/C15H23NO4/c1-18-12-3-4-13(15(11-12)19-2)14(17)5-6-16-7-9-20-10-8-16/h3-4,11,14,17H,5-10H2,1-2H3. The van der Waals surface area contributed by atoms with Gasteiger partial charge in [-0.1, -0.05) is 0 Å². The number of benzene rings is 1. The Balaban J connectivity index is 1.95. The van der Waals surface area contributed by atoms with Gasteiger partial charge in [0, 0.05) is 31.3 Å². The van der Waals surface area contributed by atoms with Crippen LogP contribution in [0.4, 0.5) is 0 Å². The average Bonchev–Trinajstić information content (AvgIpc) is 2.52. The summed E-state index contributed by atoms with van der Waals surface area (Å²) in [6.45, 7) is 4.29. The average molecular weight is 281 g/mol. The summed E-state index contributed by atoms with van der Waals surface area (Å²) in [5.74, 6) is 1.39. The molecule has 1 aromatic carbocycles. The Bertz CT molecular complexity index is 418. The van der Waals surface area contributed by atoms with Gasteiger partial charge in [-0.2, -0.15) is 0 Å². The quantitative estimate of drug-likeness (QED) is 0.855. The molecule has 20 heavy (non-hydrogen) atoms. The smallest absolute Gasteiger partial charge is 0.128 e. The van der Waals surface area contributed by atoms with Gasteiger partial charge in [-0.15, -0.1) is 0 Å². The molecule has 1 saturated heterocycles. The number of aliphatic hydroxyl groups excluding tert-OH is 1. The van der Waals surface area contributed by atoms with Crippen molar-refractivity contribution in [3.63, 3.8) is 0 Å². The van der Waals surface area contributed by atoms with E-state index in [0.717, 1.165) is 44.2 Å². The van der Waals surface area contributed by atoms with Gasteiger partial charge in [-0.25, -0.2) is 0 Å². The minimum Gasteiger partial charge on any atom is -0.497 e. The maximum atomic E-state index is 10.3. The van der Waals surface area contributed by atoms with Gasteiger partial charge < -0.3 is 19.3 Å². The van der Waals surface area contributed by atoms with Crippen LogP contribution in [0.1, 0.15) is 18.1 Å². The zero-order chi connectivity index (χ0) is 14.4. The number of nitrogens with zero attached hydrogens (tertiary/aromatic N) is 1. The molecule has 5 heteroatoms. The van der Waals surface area contributed by atoms with Gasteiger partial charge in [-0.05, 0) is 18.6 Å². The van der Waals surface area contributed by atoms with Crippen molar-refractivity contribution in [1.29, 1.82) is 0 Å². The molecule has 0 radical (unpaired) electrons. The third-order valence-electron chi connectivity index (χ3n) is 3.62. The van der Waals surface area contributed by atoms with Crippen molar-refractivity contribution in [1.82, 2.24) is 4.90 Å². The third kappa shape index (κ3) is 3.85. The highest BCUT2D eigenvalue weighted by atomic mass is 16.5. The molecule has 1 atom stereocenters. The molecular formula is C15H23NO4. The van der Waals surface area contributed by atoms with Crippen LogP contribution in [-0.2, 0) is 4.74 Å². The monoisotopic (exact) mass is 281 g/mol. The van der Waals surface area contributed by atoms with Gasteiger partial charge in [0.15, 0.2) is 0 Å². The van der Waals surface area contributed by atoms with Gasteiger partial charge in [0.05, 0.1) is 33.5 Å². The van der Waals surface area contributed by atoms with Crippen LogP contribution in [0.15, 0.2) is 18.2 Å². The molecule has 0 amide bonds. The number of methoxy groups -OCH3 is 2. The van der Waals surface area contributed by atoms with E-state index in [0.29, 0.717) is 12.2 Å². The highest BCUT2D eigenvalue weighted by Gasteiger charge is 2.17. The first-order valence-electron chi connectivity index (χ1n) is 6.94. The molecule has 0 aliphatic carbocycles. The summed E-state index contributed by atoms with van der Waals surface area (Å²) in [7, 11) is 3.22. The van der Waals surface area contributed by atoms with Crippen LogP contribution < -0.4 is 9.47 Å². The number of ether oxygens (including phenoxy) is 3. The van der Waals surface area contributed by atoms with Crippen molar-refractivity contribution in [2.24, 2.45) is 0 Å². The lowest BCUT2D eigenvalue weighted by atomic mass is 10.0. The van der Waals surface area contributed by atoms with Gasteiger partial charge in [-0.3, -0.25) is 4.90 Å². The highest BCUT2D eigenvalue weighted by molar-refractivity contribution is 5.41. The lowest BCUT2D eigenvalue weighted by Gasteiger charge is -2.27. The molecule has 112 valence electrons. The lowest BCUT2D eigenvalue weighted by molar-refractivity contribution is 0.0299. The number of hydrogen-bond donors (Lipinski definition) is 1. The van der Waals surface area contributed by atoms with E-state index in [4.69, 9.17) is 14.2 Å². The fourth-order valence-electron chi connectivity index (χ4n) is 2.38. The van der Waals surface area contributed by atoms with Crippen molar-refractivity contribution in [3.05, 3.63) is 23.8 Å². The Labute approximate surface area is 120 Å². The number of morpholine rings is 1. The zero-order valence-electron chi connectivity index (χ0n) is 12.2. The van der Waals surface area contributed by atoms with E-state index in [9.17, 15) is 5.11 Å². The largest absolute Gasteiger partial charge is 0.497 e. The van der Waals surface area contributed by atoms with E-state index in [1.165, 1.54) is 0 Å². The normalized spacial score (nSPS) is 17.8. The first-order chi connectivity index (χ1) is 9.74. The summed E-state index contributed by atoms with van der Waals surface area (Å²) in [6.07, 6.45) is 0.154. The van der Waals surface area contributed by atoms with E-state index in [1.54, 1.807) is 20.3 Å². The van der Waals surface area contributed by atoms with Crippen molar-refractivity contribution in [2.75, 3.05) is 47.1 Å². The molecule has 0 saturated carbocycles. The molecule has 1 aliphatic rings. The minimum atomic E-state index is -0.529. The topological polar surface area (TPSA) is 51.2 Å². The van der Waals surface area contributed by atoms with E-state index in [2.05, 4.69) is 4.90 Å². The number of hydrogen-bond acceptors (Lipinski definition) is 5. The Morgan fingerprint density at radius 3 is 2.65 bits per heavy atom. The Morgan fingerprint density at radius 1 is 1.25 bits per heavy atom. The van der Waals surface area contributed by atoms with Crippen LogP contribution in [0.2, 0.25) is 0 Å². The van der Waals surface area contributed by atoms with E-state index < -0.39 is 6.10 Å². The zero-order valence-corrected chi connectivity index (χ0v) is 12.2. The second-order valence-corrected chi connectivity index (χ2v) is 4.87. The van der Waals surface area contributed by atoms with Crippen molar-refractivity contribution in [3.8, 4) is 11.5 Å². The molecule has 2 rings (SSSR count). The second-order valence-electron chi connectivity index (χ2n) is 4.87. The van der Waals surface area contributed by atoms with Crippen molar-refractivity contribution < 1.29 is 19.3 Å². The van der Waals surface area contributed by atoms with Crippen LogP contribution in [0, 0.1) is 0 Å². The Kier molecular flexibility index (Phi) is 5.64. The first-order valence-corrected chi connectivity index (χ1v) is 6.94. The molecule has 1 aromatic rings. The fourth-order valence-corrected chi connectivity index (χ4v) is 2.38. The molecule has 1 heterocycles. The van der Waals surface area contributed by atoms with Crippen molar-refractivity contribution in [2.45, 2.75) is 12.5 Å². The minimum absolute atomic E-state index is 0.529. The summed E-state index contributed by atoms with van der Waals surface area (Å²) in [5, 5.41) is 10.3. The number of rotatable bonds is 6. The maximum Gasteiger partial charge on any atom is 0.128 e. The second kappa shape index (κ2) is 7.47. The molecule has 0 spiro atoms. The third-order valence-corrected chi connectivity index (χ3v) is 3.62. The van der Waals surface area contributed by atoms with Crippen LogP contribution in [0.5, 0.6) is 11.5 Å². The van der Waals surface area contributed by atoms with Gasteiger partial charge in [0.25, 0.3) is 0 Å². The van der Waals surface area contributed by atoms with Crippen LogP contribution in [-0.4, -0.2) is 57.1 Å². The van der Waals surface area contributed by atoms with Crippen LogP contribution in [0.3, 0.4) is 0 Å². The van der Waals surface area contributed by atoms with E-state index in [1.807, 2.05) is 12.1 Å². The molecule has 1 unspecified atom stereocenters. The summed E-state index contributed by atoms with van der Waals surface area (Å²) in [6, 6.07) is 5.50. The van der Waals surface area contributed by atoms with Crippen LogP contribution >= 0.6 is 0 Å². The summed E-state index contributed by atoms with van der Waals surface area (Å²) >= 11 is 0. The summed E-state index contributed by atoms with van der Waals surface area (Å²) in [5.41, 5.74) is 0.807. The van der Waals surface area contributed by atoms with Crippen LogP contribution in [0.25, 0.3) is 0 Å². The Morgan fingerprint density at radius 2 is 2.00 bits per heavy atom. The summed E-state index contributed by atoms with van der Waals surface area (Å²) < 4.78 is 15.8. The SMILES string of the molecule is COc1ccc(C(O)CCN2CCOCC2)c(OC)c1. The Hall–Kier alpha value is -1.30. The highest BCUT2D eigenvalue weighted by Crippen LogP contribution is 2.31. The van der Waals surface area contributed by atoms with E-state index >= 15 is 0 Å².